The van der Waals surface area contributed by atoms with Crippen LogP contribution in [0.3, 0.4) is 0 Å². The molecule has 0 saturated carbocycles. The van der Waals surface area contributed by atoms with Gasteiger partial charge in [-0.3, -0.25) is 4.99 Å². The van der Waals surface area contributed by atoms with E-state index in [4.69, 9.17) is 10.5 Å². The van der Waals surface area contributed by atoms with E-state index < -0.39 is 0 Å². The molecule has 5 nitrogen and oxygen atoms in total. The molecule has 1 aliphatic rings. The van der Waals surface area contributed by atoms with Crippen molar-refractivity contribution in [2.45, 2.75) is 13.3 Å². The Hall–Kier alpha value is -0.810. The number of hydrogen-bond acceptors (Lipinski definition) is 3. The van der Waals surface area contributed by atoms with Crippen LogP contribution in [-0.2, 0) is 4.74 Å². The summed E-state index contributed by atoms with van der Waals surface area (Å²) in [6.07, 6.45) is 1.24. The molecule has 1 aliphatic heterocycles. The summed E-state index contributed by atoms with van der Waals surface area (Å²) in [7, 11) is 1.67. The van der Waals surface area contributed by atoms with E-state index in [2.05, 4.69) is 22.1 Å². The number of rotatable bonds is 6. The zero-order chi connectivity index (χ0) is 11.8. The number of guanidine groups is 1. The predicted octanol–water partition coefficient (Wildman–Crippen LogP) is -0.121. The summed E-state index contributed by atoms with van der Waals surface area (Å²) in [5.74, 6) is 1.20. The highest BCUT2D eigenvalue weighted by molar-refractivity contribution is 5.77. The summed E-state index contributed by atoms with van der Waals surface area (Å²) >= 11 is 0. The van der Waals surface area contributed by atoms with Crippen LogP contribution in [0.25, 0.3) is 0 Å². The van der Waals surface area contributed by atoms with Crippen LogP contribution in [0.2, 0.25) is 0 Å². The van der Waals surface area contributed by atoms with Crippen LogP contribution >= 0.6 is 0 Å². The van der Waals surface area contributed by atoms with E-state index in [0.29, 0.717) is 18.5 Å². The fourth-order valence-corrected chi connectivity index (χ4v) is 1.91. The first-order valence-electron chi connectivity index (χ1n) is 6.01. The zero-order valence-corrected chi connectivity index (χ0v) is 10.4. The summed E-state index contributed by atoms with van der Waals surface area (Å²) < 4.78 is 4.92. The van der Waals surface area contributed by atoms with Crippen molar-refractivity contribution in [2.24, 2.45) is 16.6 Å². The van der Waals surface area contributed by atoms with Gasteiger partial charge in [-0.2, -0.15) is 0 Å². The summed E-state index contributed by atoms with van der Waals surface area (Å²) in [6.45, 7) is 7.91. The summed E-state index contributed by atoms with van der Waals surface area (Å²) in [5, 5.41) is 3.02. The lowest BCUT2D eigenvalue weighted by Gasteiger charge is -2.12. The van der Waals surface area contributed by atoms with Crippen molar-refractivity contribution < 1.29 is 4.74 Å². The Morgan fingerprint density at radius 2 is 2.44 bits per heavy atom. The molecule has 0 aliphatic carbocycles. The third kappa shape index (κ3) is 4.81. The third-order valence-electron chi connectivity index (χ3n) is 2.95. The molecule has 0 unspecified atom stereocenters. The Balaban J connectivity index is 2.15. The van der Waals surface area contributed by atoms with Gasteiger partial charge in [-0.05, 0) is 25.4 Å². The van der Waals surface area contributed by atoms with E-state index in [9.17, 15) is 0 Å². The average Bonchev–Trinajstić information content (AvgIpc) is 2.74. The summed E-state index contributed by atoms with van der Waals surface area (Å²) in [4.78, 5) is 6.80. The second-order valence-corrected chi connectivity index (χ2v) is 4.19. The van der Waals surface area contributed by atoms with Gasteiger partial charge in [-0.15, -0.1) is 0 Å². The average molecular weight is 228 g/mol. The smallest absolute Gasteiger partial charge is 0.188 e. The molecule has 94 valence electrons. The Labute approximate surface area is 98.0 Å². The minimum Gasteiger partial charge on any atom is -0.383 e. The number of nitrogens with two attached hydrogens (primary N) is 1. The molecular weight excluding hydrogens is 204 g/mol. The van der Waals surface area contributed by atoms with E-state index >= 15 is 0 Å². The van der Waals surface area contributed by atoms with E-state index in [1.807, 2.05) is 0 Å². The number of nitrogens with one attached hydrogen (secondary N) is 1. The van der Waals surface area contributed by atoms with Crippen molar-refractivity contribution in [1.29, 1.82) is 0 Å². The molecule has 0 aromatic rings. The maximum Gasteiger partial charge on any atom is 0.188 e. The molecule has 0 spiro atoms. The first-order chi connectivity index (χ1) is 7.76. The molecule has 1 atom stereocenters. The minimum atomic E-state index is 0.534. The highest BCUT2D eigenvalue weighted by Crippen LogP contribution is 2.15. The molecular formula is C11H24N4O. The number of aliphatic imine (C=N–C) groups is 1. The quantitative estimate of drug-likeness (QED) is 0.378. The van der Waals surface area contributed by atoms with Gasteiger partial charge in [-0.25, -0.2) is 0 Å². The molecule has 0 radical (unpaired) electrons. The fourth-order valence-electron chi connectivity index (χ4n) is 1.91. The first-order valence-corrected chi connectivity index (χ1v) is 6.01. The van der Waals surface area contributed by atoms with Crippen LogP contribution in [0.1, 0.15) is 13.3 Å². The largest absolute Gasteiger partial charge is 0.383 e. The zero-order valence-electron chi connectivity index (χ0n) is 10.4. The van der Waals surface area contributed by atoms with E-state index in [0.717, 1.165) is 26.2 Å². The predicted molar refractivity (Wildman–Crippen MR) is 66.6 cm³/mol. The van der Waals surface area contributed by atoms with Gasteiger partial charge in [0.2, 0.25) is 0 Å². The Morgan fingerprint density at radius 1 is 1.62 bits per heavy atom. The number of nitrogens with zero attached hydrogens (tertiary/aromatic N) is 2. The molecule has 0 bridgehead atoms. The SMILES string of the molecule is CCN1CC[C@@H](CN=C(N)NCCOC)C1. The fraction of sp³-hybridized carbons (Fsp3) is 0.909. The maximum atomic E-state index is 5.73. The van der Waals surface area contributed by atoms with E-state index in [-0.39, 0.29) is 0 Å². The van der Waals surface area contributed by atoms with Crippen molar-refractivity contribution >= 4 is 5.96 Å². The van der Waals surface area contributed by atoms with Crippen molar-refractivity contribution in [3.05, 3.63) is 0 Å². The van der Waals surface area contributed by atoms with Crippen molar-refractivity contribution in [3.8, 4) is 0 Å². The van der Waals surface area contributed by atoms with Crippen molar-refractivity contribution in [2.75, 3.05) is 46.4 Å². The van der Waals surface area contributed by atoms with Gasteiger partial charge < -0.3 is 20.7 Å². The third-order valence-corrected chi connectivity index (χ3v) is 2.95. The lowest BCUT2D eigenvalue weighted by molar-refractivity contribution is 0.204. The molecule has 0 aromatic carbocycles. The molecule has 16 heavy (non-hydrogen) atoms. The standard InChI is InChI=1S/C11H24N4O/c1-3-15-6-4-10(9-15)8-14-11(12)13-5-7-16-2/h10H,3-9H2,1-2H3,(H3,12,13,14)/t10-/m0/s1. The summed E-state index contributed by atoms with van der Waals surface area (Å²) in [6, 6.07) is 0. The molecule has 0 amide bonds. The molecule has 1 rings (SSSR count). The van der Waals surface area contributed by atoms with E-state index in [1.165, 1.54) is 13.0 Å². The number of hydrogen-bond donors (Lipinski definition) is 2. The van der Waals surface area contributed by atoms with Crippen LogP contribution in [0, 0.1) is 5.92 Å². The van der Waals surface area contributed by atoms with Crippen LogP contribution in [-0.4, -0.2) is 57.3 Å². The lowest BCUT2D eigenvalue weighted by atomic mass is 10.1. The molecule has 1 heterocycles. The van der Waals surface area contributed by atoms with Crippen LogP contribution in [0.4, 0.5) is 0 Å². The van der Waals surface area contributed by atoms with Crippen molar-refractivity contribution in [1.82, 2.24) is 10.2 Å². The molecule has 5 heteroatoms. The van der Waals surface area contributed by atoms with E-state index in [1.54, 1.807) is 7.11 Å². The molecule has 1 saturated heterocycles. The van der Waals surface area contributed by atoms with Gasteiger partial charge in [0.1, 0.15) is 0 Å². The molecule has 3 N–H and O–H groups in total. The Morgan fingerprint density at radius 3 is 3.06 bits per heavy atom. The van der Waals surface area contributed by atoms with Crippen LogP contribution in [0.5, 0.6) is 0 Å². The van der Waals surface area contributed by atoms with Gasteiger partial charge in [0.25, 0.3) is 0 Å². The van der Waals surface area contributed by atoms with Gasteiger partial charge >= 0.3 is 0 Å². The summed E-state index contributed by atoms with van der Waals surface area (Å²) in [5.41, 5.74) is 5.73. The lowest BCUT2D eigenvalue weighted by Crippen LogP contribution is -2.34. The van der Waals surface area contributed by atoms with Gasteiger partial charge in [-0.1, -0.05) is 6.92 Å². The monoisotopic (exact) mass is 228 g/mol. The van der Waals surface area contributed by atoms with Gasteiger partial charge in [0.05, 0.1) is 6.61 Å². The molecule has 0 aromatic heterocycles. The van der Waals surface area contributed by atoms with Gasteiger partial charge in [0, 0.05) is 26.7 Å². The van der Waals surface area contributed by atoms with Gasteiger partial charge in [0.15, 0.2) is 5.96 Å². The minimum absolute atomic E-state index is 0.534. The highest BCUT2D eigenvalue weighted by Gasteiger charge is 2.20. The van der Waals surface area contributed by atoms with Crippen molar-refractivity contribution in [3.63, 3.8) is 0 Å². The first kappa shape index (κ1) is 13.3. The number of ether oxygens (including phenoxy) is 1. The highest BCUT2D eigenvalue weighted by atomic mass is 16.5. The normalized spacial score (nSPS) is 22.6. The van der Waals surface area contributed by atoms with Crippen LogP contribution < -0.4 is 11.1 Å². The second kappa shape index (κ2) is 7.46. The second-order valence-electron chi connectivity index (χ2n) is 4.19. The number of methoxy groups -OCH3 is 1. The topological polar surface area (TPSA) is 62.9 Å². The Bertz CT molecular complexity index is 220. The maximum absolute atomic E-state index is 5.73. The molecule has 1 fully saturated rings. The van der Waals surface area contributed by atoms with Crippen LogP contribution in [0.15, 0.2) is 4.99 Å². The Kier molecular flexibility index (Phi) is 6.18. The number of likely N-dealkylation sites (tertiary alicyclic amines) is 1.